The van der Waals surface area contributed by atoms with Crippen LogP contribution in [0.15, 0.2) is 42.7 Å². The first-order valence-corrected chi connectivity index (χ1v) is 9.89. The second-order valence-electron chi connectivity index (χ2n) is 7.26. The quantitative estimate of drug-likeness (QED) is 0.834. The Morgan fingerprint density at radius 2 is 2.15 bits per heavy atom. The summed E-state index contributed by atoms with van der Waals surface area (Å²) in [7, 11) is 0. The maximum Gasteiger partial charge on any atom is 0.253 e. The number of carbonyl (C=O) groups is 1. The zero-order valence-electron chi connectivity index (χ0n) is 14.4. The van der Waals surface area contributed by atoms with Crippen molar-refractivity contribution in [3.63, 3.8) is 0 Å². The Labute approximate surface area is 156 Å². The third kappa shape index (κ3) is 2.87. The molecule has 0 radical (unpaired) electrons. The summed E-state index contributed by atoms with van der Waals surface area (Å²) in [6, 6.07) is 9.77. The van der Waals surface area contributed by atoms with Crippen molar-refractivity contribution in [3.05, 3.63) is 59.4 Å². The molecule has 5 nitrogen and oxygen atoms in total. The number of amides is 1. The van der Waals surface area contributed by atoms with Crippen LogP contribution in [0.4, 0.5) is 0 Å². The molecule has 26 heavy (non-hydrogen) atoms. The maximum atomic E-state index is 12.8. The highest BCUT2D eigenvalue weighted by atomic mass is 32.2. The first-order chi connectivity index (χ1) is 12.7. The van der Waals surface area contributed by atoms with Crippen LogP contribution in [0.5, 0.6) is 5.75 Å². The van der Waals surface area contributed by atoms with E-state index < -0.39 is 0 Å². The van der Waals surface area contributed by atoms with Crippen molar-refractivity contribution in [2.75, 3.05) is 18.8 Å². The smallest absolute Gasteiger partial charge is 0.253 e. The average molecular weight is 368 g/mol. The third-order valence-corrected chi connectivity index (χ3v) is 6.90. The number of fused-ring (bicyclic) bond motifs is 1. The minimum Gasteiger partial charge on any atom is -0.488 e. The molecule has 1 aromatic heterocycles. The van der Waals surface area contributed by atoms with Crippen LogP contribution in [-0.2, 0) is 18.0 Å². The van der Waals surface area contributed by atoms with Gasteiger partial charge in [-0.25, -0.2) is 0 Å². The van der Waals surface area contributed by atoms with E-state index in [-0.39, 0.29) is 16.8 Å². The first-order valence-electron chi connectivity index (χ1n) is 8.90. The molecule has 6 heteroatoms. The lowest BCUT2D eigenvalue weighted by molar-refractivity contribution is 0.0518. The number of ether oxygens (including phenoxy) is 2. The Kier molecular flexibility index (Phi) is 3.90. The van der Waals surface area contributed by atoms with Gasteiger partial charge in [0.25, 0.3) is 5.91 Å². The lowest BCUT2D eigenvalue weighted by atomic mass is 9.92. The van der Waals surface area contributed by atoms with Crippen LogP contribution in [0, 0.1) is 0 Å². The van der Waals surface area contributed by atoms with Gasteiger partial charge in [-0.3, -0.25) is 9.78 Å². The third-order valence-electron chi connectivity index (χ3n) is 5.33. The standard InChI is InChI=1S/C20H20N2O3S/c23-19(14-3-4-15-9-24-10-16(15)6-14)22-12-20(13-22)7-18(11-26-20)25-17-2-1-5-21-8-17/h1-6,8,18H,7,9-13H2/t18-/m1/s1. The van der Waals surface area contributed by atoms with E-state index >= 15 is 0 Å². The minimum absolute atomic E-state index is 0.127. The van der Waals surface area contributed by atoms with Gasteiger partial charge in [0.05, 0.1) is 24.2 Å². The summed E-state index contributed by atoms with van der Waals surface area (Å²) in [6.07, 6.45) is 4.68. The molecule has 0 aliphatic carbocycles. The van der Waals surface area contributed by atoms with Crippen LogP contribution >= 0.6 is 11.8 Å². The van der Waals surface area contributed by atoms with Crippen LogP contribution < -0.4 is 4.74 Å². The molecule has 1 spiro atoms. The second kappa shape index (κ2) is 6.28. The summed E-state index contributed by atoms with van der Waals surface area (Å²) in [6.45, 7) is 2.88. The van der Waals surface area contributed by atoms with Crippen LogP contribution in [-0.4, -0.2) is 45.5 Å². The summed E-state index contributed by atoms with van der Waals surface area (Å²) in [5.41, 5.74) is 3.12. The summed E-state index contributed by atoms with van der Waals surface area (Å²) in [4.78, 5) is 18.8. The molecule has 2 saturated heterocycles. The van der Waals surface area contributed by atoms with Crippen LogP contribution in [0.2, 0.25) is 0 Å². The molecule has 134 valence electrons. The van der Waals surface area contributed by atoms with Gasteiger partial charge in [0.15, 0.2) is 0 Å². The van der Waals surface area contributed by atoms with Crippen LogP contribution in [0.1, 0.15) is 27.9 Å². The molecule has 0 N–H and O–H groups in total. The van der Waals surface area contributed by atoms with Crippen LogP contribution in [0.25, 0.3) is 0 Å². The van der Waals surface area contributed by atoms with Gasteiger partial charge in [0.2, 0.25) is 0 Å². The molecule has 1 amide bonds. The van der Waals surface area contributed by atoms with Crippen molar-refractivity contribution >= 4 is 17.7 Å². The molecule has 2 fully saturated rings. The van der Waals surface area contributed by atoms with Gasteiger partial charge < -0.3 is 14.4 Å². The molecule has 1 aromatic carbocycles. The summed E-state index contributed by atoms with van der Waals surface area (Å²) >= 11 is 1.94. The van der Waals surface area contributed by atoms with E-state index in [1.807, 2.05) is 47.0 Å². The molecule has 0 unspecified atom stereocenters. The van der Waals surface area contributed by atoms with Gasteiger partial charge in [-0.1, -0.05) is 6.07 Å². The van der Waals surface area contributed by atoms with E-state index in [0.29, 0.717) is 13.2 Å². The van der Waals surface area contributed by atoms with E-state index in [9.17, 15) is 4.79 Å². The highest BCUT2D eigenvalue weighted by Crippen LogP contribution is 2.46. The molecular weight excluding hydrogens is 348 g/mol. The zero-order chi connectivity index (χ0) is 17.6. The van der Waals surface area contributed by atoms with Gasteiger partial charge in [-0.15, -0.1) is 11.8 Å². The van der Waals surface area contributed by atoms with Crippen molar-refractivity contribution in [1.29, 1.82) is 0 Å². The molecule has 0 saturated carbocycles. The summed E-state index contributed by atoms with van der Waals surface area (Å²) in [5.74, 6) is 1.91. The van der Waals surface area contributed by atoms with E-state index in [1.165, 1.54) is 5.56 Å². The predicted octanol–water partition coefficient (Wildman–Crippen LogP) is 2.89. The van der Waals surface area contributed by atoms with Gasteiger partial charge in [0.1, 0.15) is 11.9 Å². The molecule has 0 bridgehead atoms. The SMILES string of the molecule is O=C(c1ccc2c(c1)COC2)N1CC2(C[C@@H](Oc3cccnc3)CS2)C1. The Balaban J connectivity index is 1.20. The van der Waals surface area contributed by atoms with E-state index in [0.717, 1.165) is 42.1 Å². The van der Waals surface area contributed by atoms with Crippen molar-refractivity contribution in [2.45, 2.75) is 30.5 Å². The lowest BCUT2D eigenvalue weighted by Crippen LogP contribution is -2.60. The van der Waals surface area contributed by atoms with Crippen LogP contribution in [0.3, 0.4) is 0 Å². The van der Waals surface area contributed by atoms with Crippen molar-refractivity contribution in [2.24, 2.45) is 0 Å². The largest absolute Gasteiger partial charge is 0.488 e. The summed E-state index contributed by atoms with van der Waals surface area (Å²) in [5, 5.41) is 0. The number of hydrogen-bond acceptors (Lipinski definition) is 5. The molecule has 5 rings (SSSR count). The maximum absolute atomic E-state index is 12.8. The van der Waals surface area contributed by atoms with Gasteiger partial charge in [-0.05, 0) is 35.4 Å². The molecule has 3 aliphatic rings. The second-order valence-corrected chi connectivity index (χ2v) is 8.75. The number of aromatic nitrogens is 1. The van der Waals surface area contributed by atoms with Gasteiger partial charge in [0, 0.05) is 37.0 Å². The molecule has 1 atom stereocenters. The predicted molar refractivity (Wildman–Crippen MR) is 99.3 cm³/mol. The fourth-order valence-electron chi connectivity index (χ4n) is 3.99. The van der Waals surface area contributed by atoms with E-state index in [2.05, 4.69) is 4.98 Å². The summed E-state index contributed by atoms with van der Waals surface area (Å²) < 4.78 is 11.6. The Bertz CT molecular complexity index is 836. The number of rotatable bonds is 3. The highest BCUT2D eigenvalue weighted by Gasteiger charge is 2.51. The van der Waals surface area contributed by atoms with E-state index in [1.54, 1.807) is 12.4 Å². The Morgan fingerprint density at radius 1 is 1.27 bits per heavy atom. The number of nitrogens with zero attached hydrogens (tertiary/aromatic N) is 2. The van der Waals surface area contributed by atoms with Crippen molar-refractivity contribution in [1.82, 2.24) is 9.88 Å². The topological polar surface area (TPSA) is 51.7 Å². The molecule has 4 heterocycles. The monoisotopic (exact) mass is 368 g/mol. The van der Waals surface area contributed by atoms with Crippen molar-refractivity contribution in [3.8, 4) is 5.75 Å². The van der Waals surface area contributed by atoms with Gasteiger partial charge >= 0.3 is 0 Å². The zero-order valence-corrected chi connectivity index (χ0v) is 15.2. The van der Waals surface area contributed by atoms with Gasteiger partial charge in [-0.2, -0.15) is 0 Å². The normalized spacial score (nSPS) is 22.9. The number of hydrogen-bond donors (Lipinski definition) is 0. The average Bonchev–Trinajstić information content (AvgIpc) is 3.27. The number of carbonyl (C=O) groups excluding carboxylic acids is 1. The Hall–Kier alpha value is -2.05. The number of benzene rings is 1. The number of pyridine rings is 1. The lowest BCUT2D eigenvalue weighted by Gasteiger charge is -2.47. The Morgan fingerprint density at radius 3 is 3.00 bits per heavy atom. The molecule has 3 aliphatic heterocycles. The first kappa shape index (κ1) is 16.1. The van der Waals surface area contributed by atoms with E-state index in [4.69, 9.17) is 9.47 Å². The van der Waals surface area contributed by atoms with Crippen molar-refractivity contribution < 1.29 is 14.3 Å². The number of likely N-dealkylation sites (tertiary alicyclic amines) is 1. The fraction of sp³-hybridized carbons (Fsp3) is 0.400. The number of thioether (sulfide) groups is 1. The molecule has 2 aromatic rings. The molecular formula is C20H20N2O3S. The minimum atomic E-state index is 0.127. The highest BCUT2D eigenvalue weighted by molar-refractivity contribution is 8.01. The fourth-order valence-corrected chi connectivity index (χ4v) is 5.51.